The first-order chi connectivity index (χ1) is 6.46. The summed E-state index contributed by atoms with van der Waals surface area (Å²) in [5.74, 6) is -5.06. The van der Waals surface area contributed by atoms with Gasteiger partial charge in [-0.1, -0.05) is 30.3 Å². The van der Waals surface area contributed by atoms with Crippen LogP contribution in [0.1, 0.15) is 18.6 Å². The van der Waals surface area contributed by atoms with Crippen LogP contribution in [0.3, 0.4) is 0 Å². The third kappa shape index (κ3) is 1.96. The minimum absolute atomic E-state index is 0.0349. The molecule has 1 atom stereocenters. The molecule has 1 aromatic carbocycles. The first-order valence-corrected chi connectivity index (χ1v) is 4.08. The van der Waals surface area contributed by atoms with E-state index in [1.54, 1.807) is 6.07 Å². The molecule has 0 bridgehead atoms. The molecule has 76 valence electrons. The zero-order valence-electron chi connectivity index (χ0n) is 7.58. The van der Waals surface area contributed by atoms with Crippen LogP contribution in [-0.4, -0.2) is 16.8 Å². The Balaban J connectivity index is 2.96. The Hall–Kier alpha value is -1.29. The lowest BCUT2D eigenvalue weighted by Gasteiger charge is -2.19. The van der Waals surface area contributed by atoms with Crippen molar-refractivity contribution < 1.29 is 18.7 Å². The van der Waals surface area contributed by atoms with Crippen LogP contribution in [0.5, 0.6) is 0 Å². The summed E-state index contributed by atoms with van der Waals surface area (Å²) in [5.41, 5.74) is 0.0349. The van der Waals surface area contributed by atoms with Gasteiger partial charge in [-0.2, -0.15) is 8.78 Å². The molecule has 0 heterocycles. The molecule has 0 aliphatic carbocycles. The van der Waals surface area contributed by atoms with Crippen LogP contribution in [-0.2, 0) is 4.79 Å². The van der Waals surface area contributed by atoms with Crippen LogP contribution in [0, 0.1) is 0 Å². The summed E-state index contributed by atoms with van der Waals surface area (Å²) in [6, 6.07) is 7.38. The molecule has 1 N–H and O–H groups in total. The molecule has 0 aliphatic heterocycles. The first kappa shape index (κ1) is 10.8. The van der Waals surface area contributed by atoms with Gasteiger partial charge in [0.15, 0.2) is 0 Å². The average molecular weight is 200 g/mol. The topological polar surface area (TPSA) is 37.3 Å². The SMILES string of the molecule is CC(=O)C(F)(F)[C@H](O)c1ccccc1. The van der Waals surface area contributed by atoms with Crippen molar-refractivity contribution in [3.8, 4) is 0 Å². The number of aliphatic hydroxyl groups excluding tert-OH is 1. The number of ketones is 1. The highest BCUT2D eigenvalue weighted by atomic mass is 19.3. The summed E-state index contributed by atoms with van der Waals surface area (Å²) in [6.07, 6.45) is -2.07. The van der Waals surface area contributed by atoms with Gasteiger partial charge in [-0.3, -0.25) is 4.79 Å². The Morgan fingerprint density at radius 1 is 1.36 bits per heavy atom. The lowest BCUT2D eigenvalue weighted by molar-refractivity contribution is -0.159. The molecule has 0 radical (unpaired) electrons. The maximum absolute atomic E-state index is 13.0. The van der Waals surface area contributed by atoms with E-state index in [0.29, 0.717) is 0 Å². The number of rotatable bonds is 3. The minimum Gasteiger partial charge on any atom is -0.382 e. The summed E-state index contributed by atoms with van der Waals surface area (Å²) in [6.45, 7) is 0.756. The highest BCUT2D eigenvalue weighted by molar-refractivity contribution is 5.84. The number of benzene rings is 1. The molecule has 0 saturated carbocycles. The van der Waals surface area contributed by atoms with Crippen molar-refractivity contribution in [2.75, 3.05) is 0 Å². The zero-order valence-corrected chi connectivity index (χ0v) is 7.58. The van der Waals surface area contributed by atoms with Gasteiger partial charge in [0.2, 0.25) is 5.78 Å². The molecule has 0 fully saturated rings. The Labute approximate surface area is 80.2 Å². The third-order valence-electron chi connectivity index (χ3n) is 1.93. The summed E-state index contributed by atoms with van der Waals surface area (Å²) < 4.78 is 26.1. The lowest BCUT2D eigenvalue weighted by atomic mass is 10.0. The van der Waals surface area contributed by atoms with Gasteiger partial charge in [0.05, 0.1) is 0 Å². The van der Waals surface area contributed by atoms with Gasteiger partial charge in [-0.15, -0.1) is 0 Å². The maximum atomic E-state index is 13.0. The second-order valence-corrected chi connectivity index (χ2v) is 2.99. The standard InChI is InChI=1S/C10H10F2O2/c1-7(13)10(11,12)9(14)8-5-3-2-4-6-8/h2-6,9,14H,1H3/t9-/m1/s1. The van der Waals surface area contributed by atoms with Gasteiger partial charge in [-0.05, 0) is 5.56 Å². The number of Topliss-reactive ketones (excluding diaryl/α,β-unsaturated/α-hetero) is 1. The number of halogens is 2. The van der Waals surface area contributed by atoms with Crippen LogP contribution in [0.4, 0.5) is 8.78 Å². The molecular formula is C10H10F2O2. The molecular weight excluding hydrogens is 190 g/mol. The average Bonchev–Trinajstić information content (AvgIpc) is 2.17. The predicted octanol–water partition coefficient (Wildman–Crippen LogP) is 1.94. The molecule has 0 spiro atoms. The Morgan fingerprint density at radius 2 is 1.86 bits per heavy atom. The molecule has 14 heavy (non-hydrogen) atoms. The first-order valence-electron chi connectivity index (χ1n) is 4.08. The summed E-state index contributed by atoms with van der Waals surface area (Å²) in [4.78, 5) is 10.6. The normalized spacial score (nSPS) is 13.7. The number of hydrogen-bond donors (Lipinski definition) is 1. The van der Waals surface area contributed by atoms with Crippen molar-refractivity contribution >= 4 is 5.78 Å². The number of carbonyl (C=O) groups is 1. The zero-order chi connectivity index (χ0) is 10.8. The predicted molar refractivity (Wildman–Crippen MR) is 47.0 cm³/mol. The second kappa shape index (κ2) is 3.84. The molecule has 2 nitrogen and oxygen atoms in total. The van der Waals surface area contributed by atoms with E-state index in [2.05, 4.69) is 0 Å². The molecule has 0 aliphatic rings. The Kier molecular flexibility index (Phi) is 2.96. The van der Waals surface area contributed by atoms with E-state index >= 15 is 0 Å². The van der Waals surface area contributed by atoms with Crippen molar-refractivity contribution in [2.24, 2.45) is 0 Å². The fourth-order valence-electron chi connectivity index (χ4n) is 1.04. The van der Waals surface area contributed by atoms with Crippen molar-refractivity contribution in [1.82, 2.24) is 0 Å². The molecule has 1 aromatic rings. The van der Waals surface area contributed by atoms with Gasteiger partial charge < -0.3 is 5.11 Å². The number of alkyl halides is 2. The van der Waals surface area contributed by atoms with Crippen molar-refractivity contribution in [2.45, 2.75) is 19.0 Å². The van der Waals surface area contributed by atoms with E-state index < -0.39 is 17.8 Å². The fourth-order valence-corrected chi connectivity index (χ4v) is 1.04. The molecule has 0 aromatic heterocycles. The van der Waals surface area contributed by atoms with Gasteiger partial charge >= 0.3 is 5.92 Å². The fraction of sp³-hybridized carbons (Fsp3) is 0.300. The molecule has 1 rings (SSSR count). The van der Waals surface area contributed by atoms with Crippen molar-refractivity contribution in [1.29, 1.82) is 0 Å². The largest absolute Gasteiger partial charge is 0.382 e. The highest BCUT2D eigenvalue weighted by Crippen LogP contribution is 2.31. The van der Waals surface area contributed by atoms with Gasteiger partial charge in [0.1, 0.15) is 6.10 Å². The van der Waals surface area contributed by atoms with Gasteiger partial charge in [-0.25, -0.2) is 0 Å². The van der Waals surface area contributed by atoms with E-state index in [0.717, 1.165) is 6.92 Å². The van der Waals surface area contributed by atoms with E-state index in [1.807, 2.05) is 0 Å². The highest BCUT2D eigenvalue weighted by Gasteiger charge is 2.44. The summed E-state index contributed by atoms with van der Waals surface area (Å²) >= 11 is 0. The van der Waals surface area contributed by atoms with Crippen molar-refractivity contribution in [3.63, 3.8) is 0 Å². The van der Waals surface area contributed by atoms with Gasteiger partial charge in [0, 0.05) is 6.92 Å². The smallest absolute Gasteiger partial charge is 0.334 e. The van der Waals surface area contributed by atoms with E-state index in [4.69, 9.17) is 0 Å². The van der Waals surface area contributed by atoms with Crippen LogP contribution in [0.25, 0.3) is 0 Å². The van der Waals surface area contributed by atoms with E-state index in [9.17, 15) is 18.7 Å². The van der Waals surface area contributed by atoms with E-state index in [1.165, 1.54) is 24.3 Å². The quantitative estimate of drug-likeness (QED) is 0.809. The molecule has 0 amide bonds. The Morgan fingerprint density at radius 3 is 2.29 bits per heavy atom. The number of carbonyl (C=O) groups excluding carboxylic acids is 1. The van der Waals surface area contributed by atoms with E-state index in [-0.39, 0.29) is 5.56 Å². The van der Waals surface area contributed by atoms with Crippen LogP contribution in [0.2, 0.25) is 0 Å². The lowest BCUT2D eigenvalue weighted by Crippen LogP contribution is -2.33. The molecule has 0 unspecified atom stereocenters. The number of aliphatic hydroxyl groups is 1. The third-order valence-corrected chi connectivity index (χ3v) is 1.93. The van der Waals surface area contributed by atoms with Gasteiger partial charge in [0.25, 0.3) is 0 Å². The monoisotopic (exact) mass is 200 g/mol. The van der Waals surface area contributed by atoms with Crippen LogP contribution < -0.4 is 0 Å². The second-order valence-electron chi connectivity index (χ2n) is 2.99. The molecule has 4 heteroatoms. The summed E-state index contributed by atoms with van der Waals surface area (Å²) in [7, 11) is 0. The summed E-state index contributed by atoms with van der Waals surface area (Å²) in [5, 5.41) is 9.25. The van der Waals surface area contributed by atoms with Crippen LogP contribution >= 0.6 is 0 Å². The maximum Gasteiger partial charge on any atom is 0.334 e. The number of hydrogen-bond acceptors (Lipinski definition) is 2. The van der Waals surface area contributed by atoms with Crippen molar-refractivity contribution in [3.05, 3.63) is 35.9 Å². The molecule has 0 saturated heterocycles. The Bertz CT molecular complexity index is 322. The minimum atomic E-state index is -3.72. The van der Waals surface area contributed by atoms with Crippen LogP contribution in [0.15, 0.2) is 30.3 Å².